The number of aryl methyl sites for hydroxylation is 2. The quantitative estimate of drug-likeness (QED) is 0.814. The smallest absolute Gasteiger partial charge is 0.272 e. The van der Waals surface area contributed by atoms with Crippen LogP contribution in [0, 0.1) is 12.8 Å². The van der Waals surface area contributed by atoms with E-state index in [1.807, 2.05) is 13.8 Å². The van der Waals surface area contributed by atoms with E-state index in [1.165, 1.54) is 0 Å². The molecule has 0 saturated carbocycles. The minimum atomic E-state index is -0.281. The van der Waals surface area contributed by atoms with Crippen LogP contribution in [-0.4, -0.2) is 70.0 Å². The minimum absolute atomic E-state index is 0.00450. The Labute approximate surface area is 140 Å². The molecular formula is C16H23N5O3. The maximum absolute atomic E-state index is 12.6. The molecule has 3 heterocycles. The van der Waals surface area contributed by atoms with E-state index in [4.69, 9.17) is 0 Å². The second kappa shape index (κ2) is 6.26. The molecule has 1 atom stereocenters. The van der Waals surface area contributed by atoms with Gasteiger partial charge in [0.05, 0.1) is 17.7 Å². The summed E-state index contributed by atoms with van der Waals surface area (Å²) in [4.78, 5) is 39.9. The van der Waals surface area contributed by atoms with E-state index in [1.54, 1.807) is 27.6 Å². The molecule has 1 unspecified atom stereocenters. The van der Waals surface area contributed by atoms with Gasteiger partial charge < -0.3 is 15.1 Å². The van der Waals surface area contributed by atoms with Crippen LogP contribution in [0.3, 0.4) is 0 Å². The Hall–Kier alpha value is -2.38. The fourth-order valence-electron chi connectivity index (χ4n) is 3.40. The van der Waals surface area contributed by atoms with Crippen LogP contribution >= 0.6 is 0 Å². The van der Waals surface area contributed by atoms with Crippen molar-refractivity contribution >= 4 is 17.7 Å². The third-order valence-electron chi connectivity index (χ3n) is 4.79. The Morgan fingerprint density at radius 2 is 2.04 bits per heavy atom. The van der Waals surface area contributed by atoms with Crippen LogP contribution in [0.15, 0.2) is 6.07 Å². The Morgan fingerprint density at radius 1 is 1.33 bits per heavy atom. The molecule has 0 radical (unpaired) electrons. The number of nitrogens with one attached hydrogen (secondary N) is 1. The van der Waals surface area contributed by atoms with Crippen molar-refractivity contribution in [2.24, 2.45) is 5.92 Å². The summed E-state index contributed by atoms with van der Waals surface area (Å²) in [5.74, 6) is -0.435. The van der Waals surface area contributed by atoms with Crippen molar-refractivity contribution in [1.29, 1.82) is 0 Å². The zero-order chi connectivity index (χ0) is 17.4. The molecule has 2 fully saturated rings. The average molecular weight is 333 g/mol. The Morgan fingerprint density at radius 3 is 2.67 bits per heavy atom. The number of aromatic nitrogens is 2. The zero-order valence-electron chi connectivity index (χ0n) is 14.3. The predicted octanol–water partition coefficient (Wildman–Crippen LogP) is -0.370. The van der Waals surface area contributed by atoms with Crippen molar-refractivity contribution in [2.45, 2.75) is 32.9 Å². The van der Waals surface area contributed by atoms with Crippen LogP contribution < -0.4 is 5.32 Å². The molecule has 1 aromatic heterocycles. The molecule has 8 heteroatoms. The molecule has 2 saturated heterocycles. The van der Waals surface area contributed by atoms with E-state index in [-0.39, 0.29) is 36.1 Å². The fourth-order valence-corrected chi connectivity index (χ4v) is 3.40. The maximum Gasteiger partial charge on any atom is 0.272 e. The van der Waals surface area contributed by atoms with Crippen LogP contribution in [0.4, 0.5) is 0 Å². The summed E-state index contributed by atoms with van der Waals surface area (Å²) >= 11 is 0. The predicted molar refractivity (Wildman–Crippen MR) is 86.2 cm³/mol. The lowest BCUT2D eigenvalue weighted by Crippen LogP contribution is -2.61. The van der Waals surface area contributed by atoms with Crippen molar-refractivity contribution < 1.29 is 14.4 Å². The lowest BCUT2D eigenvalue weighted by Gasteiger charge is -2.44. The van der Waals surface area contributed by atoms with Gasteiger partial charge in [0.15, 0.2) is 0 Å². The standard InChI is InChI=1S/C16H23N5O3/c1-4-21-13(5-10(2)18-21)16(24)19-8-12(9-19)20-7-11(6-14(20)22)15(23)17-3/h5,11-12H,4,6-9H2,1-3H3,(H,17,23). The Kier molecular flexibility index (Phi) is 4.29. The van der Waals surface area contributed by atoms with E-state index in [0.29, 0.717) is 31.9 Å². The highest BCUT2D eigenvalue weighted by atomic mass is 16.2. The van der Waals surface area contributed by atoms with Crippen LogP contribution in [0.2, 0.25) is 0 Å². The van der Waals surface area contributed by atoms with Gasteiger partial charge in [0.1, 0.15) is 5.69 Å². The molecule has 0 aliphatic carbocycles. The Balaban J connectivity index is 1.60. The van der Waals surface area contributed by atoms with Gasteiger partial charge in [0.25, 0.3) is 5.91 Å². The number of carbonyl (C=O) groups excluding carboxylic acids is 3. The van der Waals surface area contributed by atoms with Gasteiger partial charge in [0.2, 0.25) is 11.8 Å². The second-order valence-electron chi connectivity index (χ2n) is 6.41. The highest BCUT2D eigenvalue weighted by Gasteiger charge is 2.43. The van der Waals surface area contributed by atoms with E-state index < -0.39 is 0 Å². The van der Waals surface area contributed by atoms with Gasteiger partial charge in [-0.05, 0) is 19.9 Å². The number of amides is 3. The van der Waals surface area contributed by atoms with E-state index >= 15 is 0 Å². The summed E-state index contributed by atoms with van der Waals surface area (Å²) in [6.45, 7) is 5.92. The number of hydrogen-bond donors (Lipinski definition) is 1. The summed E-state index contributed by atoms with van der Waals surface area (Å²) in [7, 11) is 1.58. The largest absolute Gasteiger partial charge is 0.359 e. The maximum atomic E-state index is 12.6. The zero-order valence-corrected chi connectivity index (χ0v) is 14.3. The molecule has 3 rings (SSSR count). The molecule has 0 spiro atoms. The van der Waals surface area contributed by atoms with Crippen LogP contribution in [0.25, 0.3) is 0 Å². The molecule has 8 nitrogen and oxygen atoms in total. The highest BCUT2D eigenvalue weighted by molar-refractivity contribution is 5.94. The average Bonchev–Trinajstić information content (AvgIpc) is 3.08. The lowest BCUT2D eigenvalue weighted by atomic mass is 10.1. The summed E-state index contributed by atoms with van der Waals surface area (Å²) in [6, 6.07) is 1.80. The summed E-state index contributed by atoms with van der Waals surface area (Å²) in [6.07, 6.45) is 0.256. The minimum Gasteiger partial charge on any atom is -0.359 e. The van der Waals surface area contributed by atoms with E-state index in [2.05, 4.69) is 10.4 Å². The summed E-state index contributed by atoms with van der Waals surface area (Å²) in [5.41, 5.74) is 1.41. The van der Waals surface area contributed by atoms with Gasteiger partial charge in [-0.15, -0.1) is 0 Å². The molecular weight excluding hydrogens is 310 g/mol. The van der Waals surface area contributed by atoms with Gasteiger partial charge in [-0.1, -0.05) is 0 Å². The van der Waals surface area contributed by atoms with Gasteiger partial charge in [-0.3, -0.25) is 19.1 Å². The fraction of sp³-hybridized carbons (Fsp3) is 0.625. The molecule has 0 aromatic carbocycles. The molecule has 2 aliphatic rings. The van der Waals surface area contributed by atoms with Crippen molar-refractivity contribution in [3.63, 3.8) is 0 Å². The van der Waals surface area contributed by atoms with Gasteiger partial charge in [-0.25, -0.2) is 0 Å². The topological polar surface area (TPSA) is 87.5 Å². The number of likely N-dealkylation sites (tertiary alicyclic amines) is 2. The molecule has 24 heavy (non-hydrogen) atoms. The summed E-state index contributed by atoms with van der Waals surface area (Å²) in [5, 5.41) is 6.89. The van der Waals surface area contributed by atoms with Crippen molar-refractivity contribution in [2.75, 3.05) is 26.7 Å². The highest BCUT2D eigenvalue weighted by Crippen LogP contribution is 2.26. The molecule has 130 valence electrons. The molecule has 1 N–H and O–H groups in total. The first-order valence-electron chi connectivity index (χ1n) is 8.29. The third kappa shape index (κ3) is 2.76. The van der Waals surface area contributed by atoms with Gasteiger partial charge in [-0.2, -0.15) is 5.10 Å². The first kappa shape index (κ1) is 16.5. The Bertz CT molecular complexity index is 677. The van der Waals surface area contributed by atoms with Crippen molar-refractivity contribution in [3.8, 4) is 0 Å². The van der Waals surface area contributed by atoms with Crippen LogP contribution in [-0.2, 0) is 16.1 Å². The normalized spacial score (nSPS) is 21.1. The monoisotopic (exact) mass is 333 g/mol. The van der Waals surface area contributed by atoms with E-state index in [9.17, 15) is 14.4 Å². The number of carbonyl (C=O) groups is 3. The third-order valence-corrected chi connectivity index (χ3v) is 4.79. The van der Waals surface area contributed by atoms with Crippen LogP contribution in [0.1, 0.15) is 29.5 Å². The number of hydrogen-bond acceptors (Lipinski definition) is 4. The first-order chi connectivity index (χ1) is 11.4. The number of nitrogens with zero attached hydrogens (tertiary/aromatic N) is 4. The van der Waals surface area contributed by atoms with Gasteiger partial charge >= 0.3 is 0 Å². The van der Waals surface area contributed by atoms with E-state index in [0.717, 1.165) is 5.69 Å². The molecule has 3 amide bonds. The summed E-state index contributed by atoms with van der Waals surface area (Å²) < 4.78 is 1.70. The number of rotatable bonds is 4. The lowest BCUT2D eigenvalue weighted by molar-refractivity contribution is -0.132. The SMILES string of the molecule is CCn1nc(C)cc1C(=O)N1CC(N2CC(C(=O)NC)CC2=O)C1. The van der Waals surface area contributed by atoms with Gasteiger partial charge in [0, 0.05) is 39.6 Å². The molecule has 2 aliphatic heterocycles. The van der Waals surface area contributed by atoms with Crippen molar-refractivity contribution in [1.82, 2.24) is 24.9 Å². The second-order valence-corrected chi connectivity index (χ2v) is 6.41. The molecule has 1 aromatic rings. The first-order valence-corrected chi connectivity index (χ1v) is 8.29. The van der Waals surface area contributed by atoms with Crippen LogP contribution in [0.5, 0.6) is 0 Å². The van der Waals surface area contributed by atoms with Crippen molar-refractivity contribution in [3.05, 3.63) is 17.5 Å². The molecule has 0 bridgehead atoms.